The number of hydrogen-bond acceptors (Lipinski definition) is 6. The monoisotopic (exact) mass is 508 g/mol. The minimum atomic E-state index is -0.946. The van der Waals surface area contributed by atoms with E-state index in [1.807, 2.05) is 54.7 Å². The van der Waals surface area contributed by atoms with Crippen molar-refractivity contribution >= 4 is 17.6 Å². The highest BCUT2D eigenvalue weighted by molar-refractivity contribution is 6.30. The van der Waals surface area contributed by atoms with E-state index < -0.39 is 12.1 Å². The Hall–Kier alpha value is -3.82. The van der Waals surface area contributed by atoms with Gasteiger partial charge in [-0.25, -0.2) is 0 Å². The fourth-order valence-corrected chi connectivity index (χ4v) is 4.83. The van der Waals surface area contributed by atoms with Crippen molar-refractivity contribution in [3.8, 4) is 17.2 Å². The van der Waals surface area contributed by atoms with Gasteiger partial charge in [0.05, 0.1) is 37.7 Å². The molecule has 0 bridgehead atoms. The highest BCUT2D eigenvalue weighted by Gasteiger charge is 2.32. The van der Waals surface area contributed by atoms with Crippen LogP contribution in [0.25, 0.3) is 5.69 Å². The second-order valence-electron chi connectivity index (χ2n) is 8.43. The van der Waals surface area contributed by atoms with Crippen LogP contribution in [0, 0.1) is 0 Å². The average Bonchev–Trinajstić information content (AvgIpc) is 3.51. The Bertz CT molecular complexity index is 1400. The number of benzene rings is 2. The summed E-state index contributed by atoms with van der Waals surface area (Å²) in [6.45, 7) is 0.488. The van der Waals surface area contributed by atoms with Crippen molar-refractivity contribution in [1.82, 2.24) is 19.6 Å². The van der Waals surface area contributed by atoms with E-state index in [-0.39, 0.29) is 12.5 Å². The van der Waals surface area contributed by atoms with Crippen molar-refractivity contribution in [1.29, 1.82) is 0 Å². The standard InChI is InChI=1S/C26H25ClN4O5/c1-34-23-7-3-5-18(26(23)35-2)25-19-13-16(27)8-9-20(19)31-11-4-6-21(31)22(36-25)10-12-30-15-17(28-29-30)14-24(32)33/h3-9,11,13,15,22,25H,10,12,14H2,1-2H3,(H,32,33)/t22-,25-/m1/s1. The van der Waals surface area contributed by atoms with Crippen LogP contribution < -0.4 is 9.47 Å². The number of carboxylic acids is 1. The van der Waals surface area contributed by atoms with Crippen molar-refractivity contribution in [2.45, 2.75) is 31.6 Å². The zero-order valence-corrected chi connectivity index (χ0v) is 20.6. The van der Waals surface area contributed by atoms with Crippen molar-refractivity contribution in [3.63, 3.8) is 0 Å². The van der Waals surface area contributed by atoms with Gasteiger partial charge in [0.25, 0.3) is 0 Å². The summed E-state index contributed by atoms with van der Waals surface area (Å²) >= 11 is 6.45. The Morgan fingerprint density at radius 3 is 2.78 bits per heavy atom. The molecule has 0 spiro atoms. The lowest BCUT2D eigenvalue weighted by Gasteiger charge is -2.25. The Balaban J connectivity index is 1.55. The Morgan fingerprint density at radius 2 is 2.00 bits per heavy atom. The van der Waals surface area contributed by atoms with E-state index in [2.05, 4.69) is 14.9 Å². The van der Waals surface area contributed by atoms with Crippen LogP contribution in [-0.2, 0) is 22.5 Å². The van der Waals surface area contributed by atoms with Crippen LogP contribution in [0.4, 0.5) is 0 Å². The Labute approximate surface area is 212 Å². The number of rotatable bonds is 8. The van der Waals surface area contributed by atoms with Gasteiger partial charge in [-0.05, 0) is 42.8 Å². The summed E-state index contributed by atoms with van der Waals surface area (Å²) in [5.74, 6) is 0.255. The average molecular weight is 509 g/mol. The molecule has 0 aliphatic carbocycles. The lowest BCUT2D eigenvalue weighted by atomic mass is 9.98. The maximum atomic E-state index is 11.0. The number of carbonyl (C=O) groups is 1. The number of aliphatic carboxylic acids is 1. The van der Waals surface area contributed by atoms with Gasteiger partial charge in [0.1, 0.15) is 12.2 Å². The number of aryl methyl sites for hydroxylation is 1. The van der Waals surface area contributed by atoms with Gasteiger partial charge >= 0.3 is 5.97 Å². The second kappa shape index (κ2) is 10.0. The van der Waals surface area contributed by atoms with Crippen LogP contribution in [0.2, 0.25) is 5.02 Å². The van der Waals surface area contributed by atoms with E-state index in [0.29, 0.717) is 35.2 Å². The third-order valence-corrected chi connectivity index (χ3v) is 6.43. The number of ether oxygens (including phenoxy) is 3. The first-order valence-electron chi connectivity index (χ1n) is 11.4. The van der Waals surface area contributed by atoms with E-state index in [4.69, 9.17) is 30.9 Å². The summed E-state index contributed by atoms with van der Waals surface area (Å²) in [4.78, 5) is 11.0. The second-order valence-corrected chi connectivity index (χ2v) is 8.86. The summed E-state index contributed by atoms with van der Waals surface area (Å²) in [5, 5.41) is 17.7. The predicted molar refractivity (Wildman–Crippen MR) is 132 cm³/mol. The molecule has 10 heteroatoms. The molecule has 3 heterocycles. The normalized spacial score (nSPS) is 16.6. The summed E-state index contributed by atoms with van der Waals surface area (Å²) in [6.07, 6.45) is 3.25. The number of para-hydroxylation sites is 1. The van der Waals surface area contributed by atoms with Gasteiger partial charge in [-0.3, -0.25) is 9.48 Å². The van der Waals surface area contributed by atoms with Gasteiger partial charge < -0.3 is 23.9 Å². The van der Waals surface area contributed by atoms with Crippen molar-refractivity contribution < 1.29 is 24.1 Å². The van der Waals surface area contributed by atoms with Gasteiger partial charge in [0, 0.05) is 35.1 Å². The number of carboxylic acid groups (broad SMARTS) is 1. The first-order valence-corrected chi connectivity index (χ1v) is 11.8. The molecule has 1 aliphatic rings. The lowest BCUT2D eigenvalue weighted by Crippen LogP contribution is -2.14. The quantitative estimate of drug-likeness (QED) is 0.370. The van der Waals surface area contributed by atoms with Crippen molar-refractivity contribution in [3.05, 3.63) is 88.5 Å². The molecule has 2 aromatic heterocycles. The highest BCUT2D eigenvalue weighted by atomic mass is 35.5. The summed E-state index contributed by atoms with van der Waals surface area (Å²) in [5.41, 5.74) is 4.07. The zero-order valence-electron chi connectivity index (χ0n) is 19.8. The van der Waals surface area contributed by atoms with Crippen molar-refractivity contribution in [2.24, 2.45) is 0 Å². The molecule has 1 N–H and O–H groups in total. The number of fused-ring (bicyclic) bond motifs is 3. The van der Waals surface area contributed by atoms with Crippen LogP contribution in [0.3, 0.4) is 0 Å². The van der Waals surface area contributed by atoms with Gasteiger partial charge in [-0.15, -0.1) is 5.10 Å². The molecule has 0 fully saturated rings. The minimum Gasteiger partial charge on any atom is -0.493 e. The van der Waals surface area contributed by atoms with E-state index >= 15 is 0 Å². The summed E-state index contributed by atoms with van der Waals surface area (Å²) in [6, 6.07) is 15.5. The van der Waals surface area contributed by atoms with Gasteiger partial charge in [0.15, 0.2) is 11.5 Å². The topological polar surface area (TPSA) is 101 Å². The first-order chi connectivity index (χ1) is 17.5. The molecule has 0 amide bonds. The van der Waals surface area contributed by atoms with Gasteiger partial charge in [-0.2, -0.15) is 0 Å². The molecule has 186 valence electrons. The van der Waals surface area contributed by atoms with Crippen LogP contribution in [0.5, 0.6) is 11.5 Å². The Morgan fingerprint density at radius 1 is 1.14 bits per heavy atom. The molecule has 9 nitrogen and oxygen atoms in total. The molecule has 2 aromatic carbocycles. The summed E-state index contributed by atoms with van der Waals surface area (Å²) < 4.78 is 21.9. The molecule has 1 aliphatic heterocycles. The lowest BCUT2D eigenvalue weighted by molar-refractivity contribution is -0.136. The number of aromatic nitrogens is 4. The Kier molecular flexibility index (Phi) is 6.67. The fourth-order valence-electron chi connectivity index (χ4n) is 4.65. The SMILES string of the molecule is COc1cccc([C@H]2O[C@H](CCn3cc(CC(=O)O)nn3)c3cccn3-c3ccc(Cl)cc32)c1OC. The fraction of sp³-hybridized carbons (Fsp3) is 0.269. The van der Waals surface area contributed by atoms with Gasteiger partial charge in [0.2, 0.25) is 0 Å². The third kappa shape index (κ3) is 4.55. The molecule has 4 aromatic rings. The van der Waals surface area contributed by atoms with Crippen LogP contribution in [-0.4, -0.2) is 44.9 Å². The number of hydrogen-bond donors (Lipinski definition) is 1. The largest absolute Gasteiger partial charge is 0.493 e. The maximum Gasteiger partial charge on any atom is 0.309 e. The molecular formula is C26H25ClN4O5. The van der Waals surface area contributed by atoms with Crippen LogP contribution in [0.15, 0.2) is 60.9 Å². The van der Waals surface area contributed by atoms with Crippen molar-refractivity contribution in [2.75, 3.05) is 14.2 Å². The van der Waals surface area contributed by atoms with Gasteiger partial charge in [-0.1, -0.05) is 28.9 Å². The first kappa shape index (κ1) is 23.9. The van der Waals surface area contributed by atoms with E-state index in [9.17, 15) is 4.79 Å². The highest BCUT2D eigenvalue weighted by Crippen LogP contribution is 2.46. The molecule has 0 saturated heterocycles. The number of halogens is 1. The van der Waals surface area contributed by atoms with E-state index in [0.717, 1.165) is 22.5 Å². The summed E-state index contributed by atoms with van der Waals surface area (Å²) in [7, 11) is 3.21. The van der Waals surface area contributed by atoms with Crippen LogP contribution in [0.1, 0.15) is 41.1 Å². The van der Waals surface area contributed by atoms with Crippen LogP contribution >= 0.6 is 11.6 Å². The molecular weight excluding hydrogens is 484 g/mol. The zero-order chi connectivity index (χ0) is 25.2. The molecule has 0 saturated carbocycles. The third-order valence-electron chi connectivity index (χ3n) is 6.20. The number of methoxy groups -OCH3 is 2. The van der Waals surface area contributed by atoms with E-state index in [1.165, 1.54) is 0 Å². The predicted octanol–water partition coefficient (Wildman–Crippen LogP) is 4.62. The minimum absolute atomic E-state index is 0.170. The van der Waals surface area contributed by atoms with E-state index in [1.54, 1.807) is 25.1 Å². The molecule has 5 rings (SSSR count). The smallest absolute Gasteiger partial charge is 0.309 e. The number of nitrogens with zero attached hydrogens (tertiary/aromatic N) is 4. The molecule has 2 atom stereocenters. The molecule has 0 radical (unpaired) electrons. The molecule has 36 heavy (non-hydrogen) atoms. The molecule has 0 unspecified atom stereocenters. The maximum absolute atomic E-state index is 11.0.